The summed E-state index contributed by atoms with van der Waals surface area (Å²) in [6.07, 6.45) is 0.815. The number of carbonyl (C=O) groups is 2. The van der Waals surface area contributed by atoms with Gasteiger partial charge in [-0.25, -0.2) is 4.79 Å². The lowest BCUT2D eigenvalue weighted by Crippen LogP contribution is -2.40. The minimum Gasteiger partial charge on any atom is -0.338 e. The van der Waals surface area contributed by atoms with E-state index in [9.17, 15) is 9.59 Å². The molecular weight excluding hydrogens is 292 g/mol. The number of nitrogens with one attached hydrogen (secondary N) is 2. The van der Waals surface area contributed by atoms with E-state index in [0.29, 0.717) is 17.5 Å². The van der Waals surface area contributed by atoms with Crippen molar-refractivity contribution in [3.8, 4) is 0 Å². The molecule has 1 aromatic rings. The van der Waals surface area contributed by atoms with Crippen molar-refractivity contribution in [2.75, 3.05) is 12.3 Å². The summed E-state index contributed by atoms with van der Waals surface area (Å²) in [5, 5.41) is 13.5. The number of hydrogen-bond donors (Lipinski definition) is 3. The minimum absolute atomic E-state index is 0.0922. The number of urea groups is 1. The summed E-state index contributed by atoms with van der Waals surface area (Å²) in [7, 11) is 0. The molecule has 0 radical (unpaired) electrons. The van der Waals surface area contributed by atoms with Gasteiger partial charge in [0.2, 0.25) is 5.91 Å². The van der Waals surface area contributed by atoms with Crippen LogP contribution in [-0.2, 0) is 11.3 Å². The fourth-order valence-corrected chi connectivity index (χ4v) is 2.53. The molecule has 0 atom stereocenters. The molecule has 4 N–H and O–H groups in total. The summed E-state index contributed by atoms with van der Waals surface area (Å²) in [6.45, 7) is 6.74. The van der Waals surface area contributed by atoms with E-state index < -0.39 is 6.03 Å². The second kappa shape index (κ2) is 8.63. The first-order valence-corrected chi connectivity index (χ1v) is 7.82. The van der Waals surface area contributed by atoms with Crippen molar-refractivity contribution in [1.82, 2.24) is 25.4 Å². The Hall–Kier alpha value is -1.61. The van der Waals surface area contributed by atoms with Crippen LogP contribution in [0, 0.1) is 0 Å². The van der Waals surface area contributed by atoms with E-state index in [-0.39, 0.29) is 24.2 Å². The fraction of sp³-hybridized carbons (Fsp3) is 0.667. The molecule has 1 heterocycles. The molecule has 0 fully saturated rings. The van der Waals surface area contributed by atoms with Crippen molar-refractivity contribution in [3.05, 3.63) is 5.82 Å². The Bertz CT molecular complexity index is 488. The fourth-order valence-electron chi connectivity index (χ4n) is 1.64. The highest BCUT2D eigenvalue weighted by Gasteiger charge is 2.16. The SMILES string of the molecule is CCCNC(=O)NC(=O)CSc1nnc(CN)n1C(C)C. The van der Waals surface area contributed by atoms with Crippen molar-refractivity contribution in [1.29, 1.82) is 0 Å². The van der Waals surface area contributed by atoms with Crippen LogP contribution in [0.3, 0.4) is 0 Å². The molecule has 8 nitrogen and oxygen atoms in total. The number of imide groups is 1. The van der Waals surface area contributed by atoms with Crippen LogP contribution >= 0.6 is 11.8 Å². The van der Waals surface area contributed by atoms with E-state index in [2.05, 4.69) is 20.8 Å². The number of thioether (sulfide) groups is 1. The van der Waals surface area contributed by atoms with Crippen LogP contribution in [0.2, 0.25) is 0 Å². The third kappa shape index (κ3) is 5.35. The van der Waals surface area contributed by atoms with E-state index in [0.717, 1.165) is 6.42 Å². The van der Waals surface area contributed by atoms with Crippen LogP contribution in [0.5, 0.6) is 0 Å². The van der Waals surface area contributed by atoms with Crippen molar-refractivity contribution in [3.63, 3.8) is 0 Å². The normalized spacial score (nSPS) is 10.7. The molecule has 0 aliphatic heterocycles. The van der Waals surface area contributed by atoms with E-state index in [1.807, 2.05) is 25.3 Å². The minimum atomic E-state index is -0.476. The molecule has 0 saturated carbocycles. The molecule has 1 aromatic heterocycles. The molecule has 0 aliphatic carbocycles. The van der Waals surface area contributed by atoms with Crippen LogP contribution in [0.1, 0.15) is 39.1 Å². The number of carbonyl (C=O) groups excluding carboxylic acids is 2. The third-order valence-electron chi connectivity index (χ3n) is 2.55. The smallest absolute Gasteiger partial charge is 0.321 e. The molecule has 9 heteroatoms. The van der Waals surface area contributed by atoms with Gasteiger partial charge in [0.15, 0.2) is 5.16 Å². The average molecular weight is 314 g/mol. The molecular formula is C12H22N6O2S. The van der Waals surface area contributed by atoms with Gasteiger partial charge in [0, 0.05) is 12.6 Å². The standard InChI is InChI=1S/C12H22N6O2S/c1-4-5-14-11(20)15-10(19)7-21-12-17-16-9(6-13)18(12)8(2)3/h8H,4-7,13H2,1-3H3,(H2,14,15,19,20). The van der Waals surface area contributed by atoms with Crippen molar-refractivity contribution in [2.45, 2.75) is 44.9 Å². The van der Waals surface area contributed by atoms with Crippen molar-refractivity contribution >= 4 is 23.7 Å². The zero-order chi connectivity index (χ0) is 15.8. The predicted molar refractivity (Wildman–Crippen MR) is 80.9 cm³/mol. The molecule has 0 aliphatic rings. The lowest BCUT2D eigenvalue weighted by atomic mass is 10.4. The van der Waals surface area contributed by atoms with Gasteiger partial charge in [-0.1, -0.05) is 18.7 Å². The zero-order valence-corrected chi connectivity index (χ0v) is 13.4. The number of aromatic nitrogens is 3. The molecule has 0 aromatic carbocycles. The van der Waals surface area contributed by atoms with Gasteiger partial charge in [0.1, 0.15) is 5.82 Å². The first-order chi connectivity index (χ1) is 9.99. The molecule has 0 spiro atoms. The second-order valence-corrected chi connectivity index (χ2v) is 5.60. The van der Waals surface area contributed by atoms with Crippen LogP contribution in [-0.4, -0.2) is 39.0 Å². The Morgan fingerprint density at radius 3 is 2.67 bits per heavy atom. The summed E-state index contributed by atoms with van der Waals surface area (Å²) in [6, 6.07) is -0.326. The maximum absolute atomic E-state index is 11.7. The van der Waals surface area contributed by atoms with Crippen LogP contribution in [0.15, 0.2) is 5.16 Å². The predicted octanol–water partition coefficient (Wildman–Crippen LogP) is 0.646. The third-order valence-corrected chi connectivity index (χ3v) is 3.50. The Morgan fingerprint density at radius 1 is 1.38 bits per heavy atom. The van der Waals surface area contributed by atoms with Crippen molar-refractivity contribution in [2.24, 2.45) is 5.73 Å². The number of rotatable bonds is 7. The Morgan fingerprint density at radius 2 is 2.10 bits per heavy atom. The highest BCUT2D eigenvalue weighted by Crippen LogP contribution is 2.21. The Balaban J connectivity index is 2.53. The van der Waals surface area contributed by atoms with Gasteiger partial charge in [-0.2, -0.15) is 0 Å². The summed E-state index contributed by atoms with van der Waals surface area (Å²) in [5.41, 5.74) is 5.61. The summed E-state index contributed by atoms with van der Waals surface area (Å²) < 4.78 is 1.88. The maximum Gasteiger partial charge on any atom is 0.321 e. The van der Waals surface area contributed by atoms with Gasteiger partial charge in [0.25, 0.3) is 0 Å². The topological polar surface area (TPSA) is 115 Å². The molecule has 118 valence electrons. The molecule has 0 bridgehead atoms. The monoisotopic (exact) mass is 314 g/mol. The molecule has 0 saturated heterocycles. The van der Waals surface area contributed by atoms with Gasteiger partial charge in [-0.15, -0.1) is 10.2 Å². The quantitative estimate of drug-likeness (QED) is 0.636. The van der Waals surface area contributed by atoms with E-state index in [1.165, 1.54) is 11.8 Å². The average Bonchev–Trinajstić information content (AvgIpc) is 2.86. The van der Waals surface area contributed by atoms with Crippen molar-refractivity contribution < 1.29 is 9.59 Å². The Kier molecular flexibility index (Phi) is 7.17. The van der Waals surface area contributed by atoms with Crippen LogP contribution < -0.4 is 16.4 Å². The summed E-state index contributed by atoms with van der Waals surface area (Å²) >= 11 is 1.23. The Labute approximate surface area is 128 Å². The van der Waals surface area contributed by atoms with Gasteiger partial charge < -0.3 is 15.6 Å². The van der Waals surface area contributed by atoms with E-state index in [1.54, 1.807) is 0 Å². The largest absolute Gasteiger partial charge is 0.338 e. The van der Waals surface area contributed by atoms with Crippen LogP contribution in [0.25, 0.3) is 0 Å². The number of nitrogens with two attached hydrogens (primary N) is 1. The molecule has 0 unspecified atom stereocenters. The lowest BCUT2D eigenvalue weighted by Gasteiger charge is -2.12. The lowest BCUT2D eigenvalue weighted by molar-refractivity contribution is -0.117. The highest BCUT2D eigenvalue weighted by atomic mass is 32.2. The number of nitrogens with zero attached hydrogens (tertiary/aromatic N) is 3. The van der Waals surface area contributed by atoms with Crippen LogP contribution in [0.4, 0.5) is 4.79 Å². The molecule has 1 rings (SSSR count). The number of hydrogen-bond acceptors (Lipinski definition) is 6. The molecule has 21 heavy (non-hydrogen) atoms. The molecule has 3 amide bonds. The second-order valence-electron chi connectivity index (χ2n) is 4.66. The summed E-state index contributed by atoms with van der Waals surface area (Å²) in [5.74, 6) is 0.393. The van der Waals surface area contributed by atoms with Gasteiger partial charge in [0.05, 0.1) is 12.3 Å². The number of amides is 3. The van der Waals surface area contributed by atoms with E-state index >= 15 is 0 Å². The highest BCUT2D eigenvalue weighted by molar-refractivity contribution is 7.99. The summed E-state index contributed by atoms with van der Waals surface area (Å²) in [4.78, 5) is 23.0. The first kappa shape index (κ1) is 17.4. The van der Waals surface area contributed by atoms with E-state index in [4.69, 9.17) is 5.73 Å². The van der Waals surface area contributed by atoms with Gasteiger partial charge in [-0.05, 0) is 20.3 Å². The zero-order valence-electron chi connectivity index (χ0n) is 12.5. The first-order valence-electron chi connectivity index (χ1n) is 6.83. The maximum atomic E-state index is 11.7. The van der Waals surface area contributed by atoms with Gasteiger partial charge in [-0.3, -0.25) is 10.1 Å². The van der Waals surface area contributed by atoms with Gasteiger partial charge >= 0.3 is 6.03 Å².